The van der Waals surface area contributed by atoms with Crippen molar-refractivity contribution in [2.75, 3.05) is 0 Å². The molecule has 0 aliphatic heterocycles. The van der Waals surface area contributed by atoms with Gasteiger partial charge in [-0.05, 0) is 49.2 Å². The predicted octanol–water partition coefficient (Wildman–Crippen LogP) is 3.97. The van der Waals surface area contributed by atoms with Crippen LogP contribution in [0.15, 0.2) is 46.2 Å². The van der Waals surface area contributed by atoms with E-state index in [2.05, 4.69) is 0 Å². The maximum atomic E-state index is 11.3. The molecule has 0 aliphatic rings. The SMILES string of the molecule is Cc1cc(Sc2ccc(C=O)cc2)c(C(=O)O)cc1C. The van der Waals surface area contributed by atoms with Crippen LogP contribution in [0.2, 0.25) is 0 Å². The molecular formula is C16H14O3S. The van der Waals surface area contributed by atoms with E-state index in [1.54, 1.807) is 18.2 Å². The first-order valence-corrected chi connectivity index (χ1v) is 6.90. The summed E-state index contributed by atoms with van der Waals surface area (Å²) < 4.78 is 0. The summed E-state index contributed by atoms with van der Waals surface area (Å²) in [6, 6.07) is 10.6. The van der Waals surface area contributed by atoms with Crippen molar-refractivity contribution in [3.8, 4) is 0 Å². The van der Waals surface area contributed by atoms with Gasteiger partial charge in [-0.15, -0.1) is 0 Å². The van der Waals surface area contributed by atoms with Crippen molar-refractivity contribution in [2.45, 2.75) is 23.6 Å². The molecular weight excluding hydrogens is 272 g/mol. The highest BCUT2D eigenvalue weighted by Crippen LogP contribution is 2.32. The van der Waals surface area contributed by atoms with E-state index in [0.29, 0.717) is 16.0 Å². The number of aldehydes is 1. The molecule has 2 rings (SSSR count). The van der Waals surface area contributed by atoms with Gasteiger partial charge in [-0.3, -0.25) is 4.79 Å². The molecule has 0 spiro atoms. The molecule has 1 N–H and O–H groups in total. The fraction of sp³-hybridized carbons (Fsp3) is 0.125. The summed E-state index contributed by atoms with van der Waals surface area (Å²) in [7, 11) is 0. The first kappa shape index (κ1) is 14.3. The molecule has 0 amide bonds. The standard InChI is InChI=1S/C16H14O3S/c1-10-7-14(16(18)19)15(8-11(10)2)20-13-5-3-12(9-17)4-6-13/h3-9H,1-2H3,(H,18,19). The van der Waals surface area contributed by atoms with Gasteiger partial charge in [0, 0.05) is 15.4 Å². The van der Waals surface area contributed by atoms with E-state index < -0.39 is 5.97 Å². The largest absolute Gasteiger partial charge is 0.478 e. The zero-order valence-corrected chi connectivity index (χ0v) is 12.0. The Morgan fingerprint density at radius 2 is 1.70 bits per heavy atom. The number of aryl methyl sites for hydroxylation is 2. The van der Waals surface area contributed by atoms with Crippen molar-refractivity contribution in [3.63, 3.8) is 0 Å². The third-order valence-corrected chi connectivity index (χ3v) is 4.14. The second kappa shape index (κ2) is 5.92. The number of carboxylic acids is 1. The van der Waals surface area contributed by atoms with Gasteiger partial charge in [0.25, 0.3) is 0 Å². The number of hydrogen-bond donors (Lipinski definition) is 1. The monoisotopic (exact) mass is 286 g/mol. The van der Waals surface area contributed by atoms with Crippen molar-refractivity contribution in [1.82, 2.24) is 0 Å². The molecule has 0 fully saturated rings. The first-order chi connectivity index (χ1) is 9.51. The van der Waals surface area contributed by atoms with Crippen molar-refractivity contribution in [3.05, 3.63) is 58.7 Å². The number of aromatic carboxylic acids is 1. The van der Waals surface area contributed by atoms with Crippen LogP contribution in [0.5, 0.6) is 0 Å². The summed E-state index contributed by atoms with van der Waals surface area (Å²) in [5.74, 6) is -0.930. The zero-order chi connectivity index (χ0) is 14.7. The van der Waals surface area contributed by atoms with Crippen LogP contribution in [0.25, 0.3) is 0 Å². The van der Waals surface area contributed by atoms with E-state index >= 15 is 0 Å². The van der Waals surface area contributed by atoms with Gasteiger partial charge < -0.3 is 5.11 Å². The van der Waals surface area contributed by atoms with Crippen LogP contribution in [0.1, 0.15) is 31.8 Å². The Kier molecular flexibility index (Phi) is 4.25. The minimum Gasteiger partial charge on any atom is -0.478 e. The van der Waals surface area contributed by atoms with Crippen LogP contribution in [-0.4, -0.2) is 17.4 Å². The summed E-state index contributed by atoms with van der Waals surface area (Å²) in [5, 5.41) is 9.28. The maximum absolute atomic E-state index is 11.3. The molecule has 0 saturated heterocycles. The number of carbonyl (C=O) groups excluding carboxylic acids is 1. The van der Waals surface area contributed by atoms with Gasteiger partial charge in [-0.2, -0.15) is 0 Å². The summed E-state index contributed by atoms with van der Waals surface area (Å²) >= 11 is 1.39. The summed E-state index contributed by atoms with van der Waals surface area (Å²) in [6.45, 7) is 3.86. The molecule has 20 heavy (non-hydrogen) atoms. The fourth-order valence-corrected chi connectivity index (χ4v) is 2.80. The molecule has 0 bridgehead atoms. The number of hydrogen-bond acceptors (Lipinski definition) is 3. The molecule has 0 atom stereocenters. The lowest BCUT2D eigenvalue weighted by Crippen LogP contribution is -2.00. The topological polar surface area (TPSA) is 54.4 Å². The molecule has 102 valence electrons. The van der Waals surface area contributed by atoms with Crippen LogP contribution < -0.4 is 0 Å². The smallest absolute Gasteiger partial charge is 0.336 e. The van der Waals surface area contributed by atoms with E-state index in [1.165, 1.54) is 11.8 Å². The van der Waals surface area contributed by atoms with Gasteiger partial charge in [0.15, 0.2) is 0 Å². The molecule has 0 radical (unpaired) electrons. The van der Waals surface area contributed by atoms with Crippen molar-refractivity contribution in [2.24, 2.45) is 0 Å². The Balaban J connectivity index is 2.38. The molecule has 0 saturated carbocycles. The minimum atomic E-state index is -0.930. The van der Waals surface area contributed by atoms with Gasteiger partial charge in [-0.25, -0.2) is 4.79 Å². The maximum Gasteiger partial charge on any atom is 0.336 e. The summed E-state index contributed by atoms with van der Waals surface area (Å²) in [6.07, 6.45) is 0.785. The Labute approximate surface area is 121 Å². The predicted molar refractivity (Wildman–Crippen MR) is 78.8 cm³/mol. The highest BCUT2D eigenvalue weighted by Gasteiger charge is 2.13. The van der Waals surface area contributed by atoms with Crippen LogP contribution in [0.4, 0.5) is 0 Å². The normalized spacial score (nSPS) is 10.3. The lowest BCUT2D eigenvalue weighted by Gasteiger charge is -2.09. The van der Waals surface area contributed by atoms with Crippen LogP contribution in [0.3, 0.4) is 0 Å². The lowest BCUT2D eigenvalue weighted by atomic mass is 10.1. The highest BCUT2D eigenvalue weighted by atomic mass is 32.2. The molecule has 4 heteroatoms. The number of carbonyl (C=O) groups is 2. The Morgan fingerprint density at radius 3 is 2.25 bits per heavy atom. The van der Waals surface area contributed by atoms with Crippen LogP contribution >= 0.6 is 11.8 Å². The highest BCUT2D eigenvalue weighted by molar-refractivity contribution is 7.99. The minimum absolute atomic E-state index is 0.303. The molecule has 0 heterocycles. The summed E-state index contributed by atoms with van der Waals surface area (Å²) in [5.41, 5.74) is 2.93. The van der Waals surface area contributed by atoms with Crippen molar-refractivity contribution < 1.29 is 14.7 Å². The van der Waals surface area contributed by atoms with Gasteiger partial charge >= 0.3 is 5.97 Å². The van der Waals surface area contributed by atoms with E-state index in [0.717, 1.165) is 22.3 Å². The molecule has 2 aromatic rings. The summed E-state index contributed by atoms with van der Waals surface area (Å²) in [4.78, 5) is 23.5. The quantitative estimate of drug-likeness (QED) is 0.864. The zero-order valence-electron chi connectivity index (χ0n) is 11.2. The first-order valence-electron chi connectivity index (χ1n) is 6.09. The van der Waals surface area contributed by atoms with Gasteiger partial charge in [0.05, 0.1) is 5.56 Å². The Bertz CT molecular complexity index is 660. The van der Waals surface area contributed by atoms with E-state index in [1.807, 2.05) is 32.0 Å². The fourth-order valence-electron chi connectivity index (χ4n) is 1.78. The molecule has 0 unspecified atom stereocenters. The third-order valence-electron chi connectivity index (χ3n) is 3.07. The second-order valence-electron chi connectivity index (χ2n) is 4.53. The average molecular weight is 286 g/mol. The number of carboxylic acid groups (broad SMARTS) is 1. The van der Waals surface area contributed by atoms with E-state index in [4.69, 9.17) is 0 Å². The van der Waals surface area contributed by atoms with E-state index in [-0.39, 0.29) is 0 Å². The van der Waals surface area contributed by atoms with Gasteiger partial charge in [-0.1, -0.05) is 23.9 Å². The number of benzene rings is 2. The number of rotatable bonds is 4. The van der Waals surface area contributed by atoms with Crippen LogP contribution in [-0.2, 0) is 0 Å². The van der Waals surface area contributed by atoms with Crippen molar-refractivity contribution in [1.29, 1.82) is 0 Å². The molecule has 2 aromatic carbocycles. The van der Waals surface area contributed by atoms with Gasteiger partial charge in [0.1, 0.15) is 6.29 Å². The molecule has 3 nitrogen and oxygen atoms in total. The Hall–Kier alpha value is -2.07. The molecule has 0 aliphatic carbocycles. The van der Waals surface area contributed by atoms with Gasteiger partial charge in [0.2, 0.25) is 0 Å². The Morgan fingerprint density at radius 1 is 1.10 bits per heavy atom. The molecule has 0 aromatic heterocycles. The third kappa shape index (κ3) is 3.08. The second-order valence-corrected chi connectivity index (χ2v) is 5.64. The van der Waals surface area contributed by atoms with Crippen molar-refractivity contribution >= 4 is 24.0 Å². The average Bonchev–Trinajstić information content (AvgIpc) is 2.43. The van der Waals surface area contributed by atoms with Crippen LogP contribution in [0, 0.1) is 13.8 Å². The lowest BCUT2D eigenvalue weighted by molar-refractivity contribution is 0.0693. The van der Waals surface area contributed by atoms with E-state index in [9.17, 15) is 14.7 Å².